The van der Waals surface area contributed by atoms with Crippen molar-refractivity contribution in [3.05, 3.63) is 433 Å². The molecule has 15 aromatic carbocycles. The van der Waals surface area contributed by atoms with Crippen molar-refractivity contribution >= 4 is 34.1 Å². The van der Waals surface area contributed by atoms with Crippen LogP contribution in [0.1, 0.15) is 44.5 Å². The van der Waals surface area contributed by atoms with Crippen LogP contribution in [0.2, 0.25) is 0 Å². The van der Waals surface area contributed by atoms with Gasteiger partial charge in [-0.05, 0) is 184 Å². The van der Waals surface area contributed by atoms with Crippen molar-refractivity contribution in [2.24, 2.45) is 0 Å². The highest BCUT2D eigenvalue weighted by Crippen LogP contribution is 2.59. The lowest BCUT2D eigenvalue weighted by Crippen LogP contribution is -2.28. The minimum Gasteiger partial charge on any atom is -0.310 e. The van der Waals surface area contributed by atoms with E-state index in [9.17, 15) is 0 Å². The average Bonchev–Trinajstić information content (AvgIpc) is 1.54. The molecule has 0 amide bonds. The van der Waals surface area contributed by atoms with Crippen LogP contribution in [-0.4, -0.2) is 0 Å². The number of anilines is 6. The van der Waals surface area contributed by atoms with E-state index < -0.39 is 10.8 Å². The lowest BCUT2D eigenvalue weighted by atomic mass is 9.67. The third kappa shape index (κ3) is 9.41. The molecule has 0 aromatic heterocycles. The molecule has 2 aliphatic rings. The number of benzene rings is 15. The van der Waals surface area contributed by atoms with Crippen LogP contribution in [0.15, 0.2) is 388 Å². The molecule has 0 atom stereocenters. The molecular weight excluding hydrogens is 1130 g/mol. The minimum absolute atomic E-state index is 0.529. The summed E-state index contributed by atoms with van der Waals surface area (Å²) in [6.45, 7) is 0. The van der Waals surface area contributed by atoms with Gasteiger partial charge in [0, 0.05) is 34.1 Å². The predicted octanol–water partition coefficient (Wildman–Crippen LogP) is 24.0. The Morgan fingerprint density at radius 2 is 0.351 bits per heavy atom. The van der Waals surface area contributed by atoms with Crippen LogP contribution < -0.4 is 9.80 Å². The van der Waals surface area contributed by atoms with Crippen LogP contribution in [0.25, 0.3) is 66.8 Å². The molecule has 442 valence electrons. The summed E-state index contributed by atoms with van der Waals surface area (Å²) in [5.74, 6) is 0. The molecular formula is C92H64N2. The Hall–Kier alpha value is -12.1. The average molecular weight is 1200 g/mol. The van der Waals surface area contributed by atoms with Crippen molar-refractivity contribution < 1.29 is 0 Å². The predicted molar refractivity (Wildman–Crippen MR) is 392 cm³/mol. The van der Waals surface area contributed by atoms with E-state index in [0.717, 1.165) is 56.4 Å². The standard InChI is InChI=1S/C92H64N2/c1-7-23-65(24-8-1)69-43-51-77(52-44-69)93(81-59-61-85-83-35-19-21-37-87(83)91(89(85)63-81,73-27-11-3-12-28-73)74-29-13-4-14-30-74)79-55-47-71(48-56-79)67-39-41-68(42-40-67)72-49-57-80(58-50-72)94(78-53-45-70(46-54-78)66-25-9-2-10-26-66)82-60-62-86-84-36-20-22-38-88(84)92(90(86)64-82,75-31-15-5-16-32-75)76-33-17-6-18-34-76/h1-64H. The first-order valence-corrected chi connectivity index (χ1v) is 32.5. The highest BCUT2D eigenvalue weighted by atomic mass is 15.1. The molecule has 94 heavy (non-hydrogen) atoms. The molecule has 0 saturated heterocycles. The third-order valence-electron chi connectivity index (χ3n) is 19.7. The van der Waals surface area contributed by atoms with E-state index in [-0.39, 0.29) is 0 Å². The highest BCUT2D eigenvalue weighted by molar-refractivity contribution is 5.92. The van der Waals surface area contributed by atoms with Crippen molar-refractivity contribution in [3.8, 4) is 66.8 Å². The summed E-state index contributed by atoms with van der Waals surface area (Å²) in [6.07, 6.45) is 0. The molecule has 0 spiro atoms. The number of rotatable bonds is 14. The van der Waals surface area contributed by atoms with Gasteiger partial charge in [0.1, 0.15) is 0 Å². The lowest BCUT2D eigenvalue weighted by Gasteiger charge is -2.35. The molecule has 2 heteroatoms. The zero-order chi connectivity index (χ0) is 62.4. The molecule has 2 nitrogen and oxygen atoms in total. The quantitative estimate of drug-likeness (QED) is 0.107. The molecule has 0 N–H and O–H groups in total. The maximum Gasteiger partial charge on any atom is 0.0714 e. The maximum absolute atomic E-state index is 2.45. The number of hydrogen-bond acceptors (Lipinski definition) is 2. The Morgan fingerprint density at radius 1 is 0.149 bits per heavy atom. The summed E-state index contributed by atoms with van der Waals surface area (Å²) in [4.78, 5) is 4.84. The van der Waals surface area contributed by atoms with E-state index in [4.69, 9.17) is 0 Å². The van der Waals surface area contributed by atoms with Crippen molar-refractivity contribution in [1.82, 2.24) is 0 Å². The first-order valence-electron chi connectivity index (χ1n) is 32.5. The zero-order valence-electron chi connectivity index (χ0n) is 51.8. The van der Waals surface area contributed by atoms with E-state index in [1.807, 2.05) is 0 Å². The number of nitrogens with zero attached hydrogens (tertiary/aromatic N) is 2. The second-order valence-electron chi connectivity index (χ2n) is 24.7. The van der Waals surface area contributed by atoms with Crippen LogP contribution >= 0.6 is 0 Å². The summed E-state index contributed by atoms with van der Waals surface area (Å²) < 4.78 is 0. The van der Waals surface area contributed by atoms with Gasteiger partial charge in [-0.25, -0.2) is 0 Å². The van der Waals surface area contributed by atoms with Gasteiger partial charge in [0.05, 0.1) is 10.8 Å². The second-order valence-corrected chi connectivity index (χ2v) is 24.7. The Kier molecular flexibility index (Phi) is 14.0. The summed E-state index contributed by atoms with van der Waals surface area (Å²) in [5, 5.41) is 0. The Bertz CT molecular complexity index is 4760. The van der Waals surface area contributed by atoms with E-state index >= 15 is 0 Å². The highest BCUT2D eigenvalue weighted by Gasteiger charge is 2.48. The van der Waals surface area contributed by atoms with Crippen LogP contribution in [0.5, 0.6) is 0 Å². The second kappa shape index (κ2) is 23.6. The normalized spacial score (nSPS) is 12.9. The monoisotopic (exact) mass is 1200 g/mol. The molecule has 0 saturated carbocycles. The van der Waals surface area contributed by atoms with Crippen molar-refractivity contribution in [2.75, 3.05) is 9.80 Å². The molecule has 0 aliphatic heterocycles. The number of hydrogen-bond donors (Lipinski definition) is 0. The van der Waals surface area contributed by atoms with Crippen molar-refractivity contribution in [1.29, 1.82) is 0 Å². The summed E-state index contributed by atoms with van der Waals surface area (Å²) in [6, 6.07) is 143. The van der Waals surface area contributed by atoms with E-state index in [0.29, 0.717) is 0 Å². The molecule has 2 aliphatic carbocycles. The largest absolute Gasteiger partial charge is 0.310 e. The zero-order valence-corrected chi connectivity index (χ0v) is 51.8. The van der Waals surface area contributed by atoms with E-state index in [2.05, 4.69) is 398 Å². The SMILES string of the molecule is c1ccc(-c2ccc(N(c3ccc(-c4ccc(-c5ccc(N(c6ccc(-c7ccccc7)cc6)c6ccc7c(c6)C(c6ccccc6)(c6ccccc6)c6ccccc6-7)cc5)cc4)cc3)c3ccc4c(c3)C(c3ccccc3)(c3ccccc3)c3ccccc3-4)cc2)cc1. The fraction of sp³-hybridized carbons (Fsp3) is 0.0217. The van der Waals surface area contributed by atoms with Gasteiger partial charge in [-0.3, -0.25) is 0 Å². The van der Waals surface area contributed by atoms with Crippen molar-refractivity contribution in [2.45, 2.75) is 10.8 Å². The molecule has 0 fully saturated rings. The summed E-state index contributed by atoms with van der Waals surface area (Å²) >= 11 is 0. The van der Waals surface area contributed by atoms with Gasteiger partial charge in [-0.15, -0.1) is 0 Å². The summed E-state index contributed by atoms with van der Waals surface area (Å²) in [5.41, 5.74) is 30.0. The first-order chi connectivity index (χ1) is 46.6. The Morgan fingerprint density at radius 3 is 0.628 bits per heavy atom. The lowest BCUT2D eigenvalue weighted by molar-refractivity contribution is 0.768. The van der Waals surface area contributed by atoms with Gasteiger partial charge in [-0.1, -0.05) is 315 Å². The Labute approximate surface area is 550 Å². The molecule has 0 unspecified atom stereocenters. The van der Waals surface area contributed by atoms with E-state index in [1.165, 1.54) is 89.0 Å². The van der Waals surface area contributed by atoms with E-state index in [1.54, 1.807) is 0 Å². The molecule has 0 bridgehead atoms. The minimum atomic E-state index is -0.529. The van der Waals surface area contributed by atoms with Crippen molar-refractivity contribution in [3.63, 3.8) is 0 Å². The van der Waals surface area contributed by atoms with Gasteiger partial charge >= 0.3 is 0 Å². The summed E-state index contributed by atoms with van der Waals surface area (Å²) in [7, 11) is 0. The van der Waals surface area contributed by atoms with Gasteiger partial charge in [0.15, 0.2) is 0 Å². The smallest absolute Gasteiger partial charge is 0.0714 e. The van der Waals surface area contributed by atoms with Gasteiger partial charge < -0.3 is 9.80 Å². The van der Waals surface area contributed by atoms with Crippen LogP contribution in [0.3, 0.4) is 0 Å². The molecule has 0 radical (unpaired) electrons. The van der Waals surface area contributed by atoms with Gasteiger partial charge in [0.2, 0.25) is 0 Å². The molecule has 15 aromatic rings. The Balaban J connectivity index is 0.717. The maximum atomic E-state index is 2.45. The molecule has 0 heterocycles. The third-order valence-corrected chi connectivity index (χ3v) is 19.7. The topological polar surface area (TPSA) is 6.48 Å². The van der Waals surface area contributed by atoms with Crippen LogP contribution in [-0.2, 0) is 10.8 Å². The fourth-order valence-corrected chi connectivity index (χ4v) is 15.4. The first kappa shape index (κ1) is 55.9. The van der Waals surface area contributed by atoms with Crippen LogP contribution in [0.4, 0.5) is 34.1 Å². The van der Waals surface area contributed by atoms with Gasteiger partial charge in [0.25, 0.3) is 0 Å². The van der Waals surface area contributed by atoms with Crippen LogP contribution in [0, 0.1) is 0 Å². The fourth-order valence-electron chi connectivity index (χ4n) is 15.4. The van der Waals surface area contributed by atoms with Gasteiger partial charge in [-0.2, -0.15) is 0 Å². The number of fused-ring (bicyclic) bond motifs is 6. The molecule has 17 rings (SSSR count).